The Labute approximate surface area is 251 Å². The zero-order chi connectivity index (χ0) is 29.3. The van der Waals surface area contributed by atoms with Crippen molar-refractivity contribution in [3.8, 4) is 0 Å². The molecular weight excluding hydrogens is 496 g/mol. The van der Waals surface area contributed by atoms with Gasteiger partial charge in [-0.2, -0.15) is 0 Å². The molecule has 4 fully saturated rings. The number of allylic oxidation sites excluding steroid dienone is 4. The fourth-order valence-corrected chi connectivity index (χ4v) is 9.31. The predicted octanol–water partition coefficient (Wildman–Crippen LogP) is 10.7. The van der Waals surface area contributed by atoms with E-state index >= 15 is 0 Å². The first-order chi connectivity index (χ1) is 19.6. The van der Waals surface area contributed by atoms with Crippen molar-refractivity contribution < 1.29 is 4.79 Å². The van der Waals surface area contributed by atoms with E-state index in [1.807, 2.05) is 0 Å². The summed E-state index contributed by atoms with van der Waals surface area (Å²) >= 11 is 0. The van der Waals surface area contributed by atoms with Crippen LogP contribution in [0.15, 0.2) is 78.9 Å². The van der Waals surface area contributed by atoms with Gasteiger partial charge in [0.25, 0.3) is 0 Å². The second-order valence-electron chi connectivity index (χ2n) is 15.2. The molecule has 1 aromatic carbocycles. The van der Waals surface area contributed by atoms with Gasteiger partial charge in [-0.25, -0.2) is 0 Å². The van der Waals surface area contributed by atoms with Gasteiger partial charge >= 0.3 is 0 Å². The van der Waals surface area contributed by atoms with Crippen LogP contribution in [-0.4, -0.2) is 5.78 Å². The SMILES string of the molecule is C=C(Cc1ccccc1)CC(C(=O)C1CC2C(C1C(=C)CC(CC1CCC1)C(=C)C(=C)C)C2(C)C)C1CCCCC1. The van der Waals surface area contributed by atoms with Gasteiger partial charge in [-0.05, 0) is 104 Å². The third-order valence-corrected chi connectivity index (χ3v) is 12.1. The van der Waals surface area contributed by atoms with Crippen molar-refractivity contribution in [1.82, 2.24) is 0 Å². The standard InChI is InChI=1S/C40H56O/c1-26(2)29(5)33(24-31-17-14-18-31)23-28(4)37-35(25-36-38(37)40(36,6)7)39(41)34(32-19-12-9-13-20-32)22-27(3)21-30-15-10-8-11-16-30/h8,10-11,15-16,31-38H,1,3-5,9,12-14,17-25H2,2,6-7H3. The summed E-state index contributed by atoms with van der Waals surface area (Å²) in [6.45, 7) is 25.0. The number of rotatable bonds is 14. The lowest BCUT2D eigenvalue weighted by molar-refractivity contribution is -0.130. The van der Waals surface area contributed by atoms with E-state index in [0.717, 1.165) is 37.2 Å². The average molecular weight is 553 g/mol. The molecule has 222 valence electrons. The number of hydrogen-bond donors (Lipinski definition) is 0. The third-order valence-electron chi connectivity index (χ3n) is 12.1. The number of carbonyl (C=O) groups is 1. The molecule has 0 heterocycles. The van der Waals surface area contributed by atoms with Crippen molar-refractivity contribution in [2.24, 2.45) is 52.8 Å². The number of fused-ring (bicyclic) bond motifs is 1. The Bertz CT molecular complexity index is 1140. The average Bonchev–Trinajstić information content (AvgIpc) is 3.25. The molecule has 6 atom stereocenters. The summed E-state index contributed by atoms with van der Waals surface area (Å²) in [5, 5.41) is 0. The minimum absolute atomic E-state index is 0.114. The lowest BCUT2D eigenvalue weighted by Gasteiger charge is -2.37. The number of Topliss-reactive ketones (excluding diaryl/α,β-unsaturated/α-hetero) is 1. The van der Waals surface area contributed by atoms with Crippen molar-refractivity contribution in [2.45, 2.75) is 104 Å². The zero-order valence-electron chi connectivity index (χ0n) is 26.4. The zero-order valence-corrected chi connectivity index (χ0v) is 26.4. The van der Waals surface area contributed by atoms with Crippen LogP contribution in [0, 0.1) is 52.8 Å². The van der Waals surface area contributed by atoms with Crippen LogP contribution in [0.3, 0.4) is 0 Å². The minimum Gasteiger partial charge on any atom is -0.299 e. The van der Waals surface area contributed by atoms with Gasteiger partial charge in [0, 0.05) is 11.8 Å². The molecule has 0 amide bonds. The van der Waals surface area contributed by atoms with Crippen LogP contribution >= 0.6 is 0 Å². The lowest BCUT2D eigenvalue weighted by Crippen LogP contribution is -2.36. The summed E-state index contributed by atoms with van der Waals surface area (Å²) in [6, 6.07) is 10.7. The Morgan fingerprint density at radius 2 is 1.61 bits per heavy atom. The second kappa shape index (κ2) is 12.6. The molecule has 5 rings (SSSR count). The molecule has 0 aliphatic heterocycles. The van der Waals surface area contributed by atoms with Gasteiger partial charge in [0.15, 0.2) is 0 Å². The smallest absolute Gasteiger partial charge is 0.140 e. The quantitative estimate of drug-likeness (QED) is 0.166. The second-order valence-corrected chi connectivity index (χ2v) is 15.2. The highest BCUT2D eigenvalue weighted by Crippen LogP contribution is 2.72. The van der Waals surface area contributed by atoms with Gasteiger partial charge in [-0.1, -0.05) is 126 Å². The first-order valence-corrected chi connectivity index (χ1v) is 16.8. The molecule has 1 nitrogen and oxygen atoms in total. The van der Waals surface area contributed by atoms with E-state index in [9.17, 15) is 4.79 Å². The molecule has 6 unspecified atom stereocenters. The van der Waals surface area contributed by atoms with Crippen LogP contribution in [0.4, 0.5) is 0 Å². The molecule has 0 N–H and O–H groups in total. The highest BCUT2D eigenvalue weighted by Gasteiger charge is 2.68. The van der Waals surface area contributed by atoms with Gasteiger partial charge in [0.1, 0.15) is 5.78 Å². The molecule has 41 heavy (non-hydrogen) atoms. The molecule has 0 bridgehead atoms. The third kappa shape index (κ3) is 6.60. The number of benzene rings is 1. The van der Waals surface area contributed by atoms with E-state index in [1.54, 1.807) is 0 Å². The van der Waals surface area contributed by atoms with Crippen LogP contribution in [0.2, 0.25) is 0 Å². The van der Waals surface area contributed by atoms with Crippen molar-refractivity contribution in [2.75, 3.05) is 0 Å². The van der Waals surface area contributed by atoms with Crippen molar-refractivity contribution >= 4 is 5.78 Å². The van der Waals surface area contributed by atoms with Crippen LogP contribution < -0.4 is 0 Å². The lowest BCUT2D eigenvalue weighted by atomic mass is 9.67. The monoisotopic (exact) mass is 552 g/mol. The van der Waals surface area contributed by atoms with Crippen LogP contribution in [0.5, 0.6) is 0 Å². The Kier molecular flexibility index (Phi) is 9.32. The van der Waals surface area contributed by atoms with E-state index in [1.165, 1.54) is 80.1 Å². The van der Waals surface area contributed by atoms with Gasteiger partial charge in [-0.3, -0.25) is 4.79 Å². The van der Waals surface area contributed by atoms with E-state index < -0.39 is 0 Å². The Balaban J connectivity index is 1.35. The van der Waals surface area contributed by atoms with E-state index in [0.29, 0.717) is 40.8 Å². The highest BCUT2D eigenvalue weighted by atomic mass is 16.1. The van der Waals surface area contributed by atoms with Crippen LogP contribution in [0.25, 0.3) is 0 Å². The minimum atomic E-state index is 0.114. The summed E-state index contributed by atoms with van der Waals surface area (Å²) in [5.74, 6) is 4.12. The molecule has 1 aromatic rings. The van der Waals surface area contributed by atoms with E-state index in [-0.39, 0.29) is 11.8 Å². The maximum atomic E-state index is 14.8. The summed E-state index contributed by atoms with van der Waals surface area (Å²) in [6.07, 6.45) is 15.3. The summed E-state index contributed by atoms with van der Waals surface area (Å²) in [7, 11) is 0. The fourth-order valence-electron chi connectivity index (χ4n) is 9.31. The van der Waals surface area contributed by atoms with Crippen molar-refractivity contribution in [3.05, 3.63) is 84.5 Å². The number of ketones is 1. The summed E-state index contributed by atoms with van der Waals surface area (Å²) in [5.41, 5.74) is 6.51. The summed E-state index contributed by atoms with van der Waals surface area (Å²) in [4.78, 5) is 14.8. The maximum Gasteiger partial charge on any atom is 0.140 e. The van der Waals surface area contributed by atoms with Gasteiger partial charge in [-0.15, -0.1) is 0 Å². The van der Waals surface area contributed by atoms with Gasteiger partial charge in [0.2, 0.25) is 0 Å². The van der Waals surface area contributed by atoms with Crippen LogP contribution in [0.1, 0.15) is 103 Å². The Hall–Kier alpha value is -2.15. The van der Waals surface area contributed by atoms with Gasteiger partial charge < -0.3 is 0 Å². The Morgan fingerprint density at radius 3 is 2.22 bits per heavy atom. The van der Waals surface area contributed by atoms with Crippen LogP contribution in [-0.2, 0) is 11.2 Å². The molecule has 4 aliphatic carbocycles. The van der Waals surface area contributed by atoms with Gasteiger partial charge in [0.05, 0.1) is 0 Å². The number of hydrogen-bond acceptors (Lipinski definition) is 1. The molecular formula is C40H56O. The molecule has 0 spiro atoms. The molecule has 0 radical (unpaired) electrons. The molecule has 1 heteroatoms. The highest BCUT2D eigenvalue weighted by molar-refractivity contribution is 5.85. The van der Waals surface area contributed by atoms with E-state index in [2.05, 4.69) is 70.8 Å². The largest absolute Gasteiger partial charge is 0.299 e. The normalized spacial score (nSPS) is 28.7. The predicted molar refractivity (Wildman–Crippen MR) is 174 cm³/mol. The molecule has 0 aromatic heterocycles. The molecule has 4 aliphatic rings. The maximum absolute atomic E-state index is 14.8. The number of carbonyl (C=O) groups excluding carboxylic acids is 1. The first-order valence-electron chi connectivity index (χ1n) is 16.8. The van der Waals surface area contributed by atoms with Crippen molar-refractivity contribution in [3.63, 3.8) is 0 Å². The first kappa shape index (κ1) is 30.3. The van der Waals surface area contributed by atoms with Crippen molar-refractivity contribution in [1.29, 1.82) is 0 Å². The fraction of sp³-hybridized carbons (Fsp3) is 0.625. The topological polar surface area (TPSA) is 17.1 Å². The molecule has 4 saturated carbocycles. The molecule has 0 saturated heterocycles. The summed E-state index contributed by atoms with van der Waals surface area (Å²) < 4.78 is 0. The Morgan fingerprint density at radius 1 is 0.927 bits per heavy atom. The van der Waals surface area contributed by atoms with E-state index in [4.69, 9.17) is 6.58 Å².